The van der Waals surface area contributed by atoms with Crippen molar-refractivity contribution in [3.8, 4) is 0 Å². The summed E-state index contributed by atoms with van der Waals surface area (Å²) in [6.45, 7) is 2.80. The number of methoxy groups -OCH3 is 1. The van der Waals surface area contributed by atoms with Crippen molar-refractivity contribution in [3.05, 3.63) is 0 Å². The van der Waals surface area contributed by atoms with Gasteiger partial charge in [0, 0.05) is 19.7 Å². The minimum atomic E-state index is 0.420. The van der Waals surface area contributed by atoms with Crippen LogP contribution in [-0.2, 0) is 4.74 Å². The average molecular weight is 186 g/mol. The first-order chi connectivity index (χ1) is 6.34. The molecule has 0 radical (unpaired) electrons. The highest BCUT2D eigenvalue weighted by Crippen LogP contribution is 2.21. The van der Waals surface area contributed by atoms with Gasteiger partial charge in [-0.2, -0.15) is 0 Å². The minimum absolute atomic E-state index is 0.420. The molecule has 0 heterocycles. The molecule has 3 N–H and O–H groups in total. The molecule has 0 unspecified atom stereocenters. The van der Waals surface area contributed by atoms with Gasteiger partial charge in [0.05, 0.1) is 6.61 Å². The Bertz CT molecular complexity index is 130. The molecule has 1 aliphatic carbocycles. The molecule has 0 aromatic rings. The van der Waals surface area contributed by atoms with E-state index in [1.807, 2.05) is 0 Å². The second-order valence-corrected chi connectivity index (χ2v) is 3.91. The van der Waals surface area contributed by atoms with Crippen molar-refractivity contribution in [1.82, 2.24) is 5.32 Å². The molecule has 3 heteroatoms. The molecular weight excluding hydrogens is 164 g/mol. The van der Waals surface area contributed by atoms with Crippen LogP contribution >= 0.6 is 0 Å². The fourth-order valence-corrected chi connectivity index (χ4v) is 1.95. The van der Waals surface area contributed by atoms with Crippen LogP contribution < -0.4 is 11.1 Å². The van der Waals surface area contributed by atoms with Gasteiger partial charge in [-0.3, -0.25) is 0 Å². The Labute approximate surface area is 81.0 Å². The third-order valence-corrected chi connectivity index (χ3v) is 2.86. The van der Waals surface area contributed by atoms with Crippen LogP contribution in [-0.4, -0.2) is 32.8 Å². The zero-order valence-corrected chi connectivity index (χ0v) is 8.59. The van der Waals surface area contributed by atoms with Crippen LogP contribution in [0.5, 0.6) is 0 Å². The standard InChI is InChI=1S/C10H22N2O/c1-13-7-6-12-8-9-4-2-3-5-10(9)11/h9-10,12H,2-8,11H2,1H3/t9-,10-/m0/s1. The Morgan fingerprint density at radius 1 is 1.38 bits per heavy atom. The largest absolute Gasteiger partial charge is 0.383 e. The first-order valence-corrected chi connectivity index (χ1v) is 5.30. The highest BCUT2D eigenvalue weighted by atomic mass is 16.5. The van der Waals surface area contributed by atoms with Crippen molar-refractivity contribution >= 4 is 0 Å². The van der Waals surface area contributed by atoms with Gasteiger partial charge in [-0.25, -0.2) is 0 Å². The van der Waals surface area contributed by atoms with Gasteiger partial charge in [0.15, 0.2) is 0 Å². The summed E-state index contributed by atoms with van der Waals surface area (Å²) in [5.74, 6) is 0.686. The third kappa shape index (κ3) is 4.07. The second-order valence-electron chi connectivity index (χ2n) is 3.91. The Balaban J connectivity index is 2.05. The number of hydrogen-bond acceptors (Lipinski definition) is 3. The Morgan fingerprint density at radius 3 is 2.85 bits per heavy atom. The predicted octanol–water partition coefficient (Wildman–Crippen LogP) is 0.740. The highest BCUT2D eigenvalue weighted by molar-refractivity contribution is 4.79. The lowest BCUT2D eigenvalue weighted by Gasteiger charge is -2.28. The van der Waals surface area contributed by atoms with Gasteiger partial charge in [-0.1, -0.05) is 12.8 Å². The quantitative estimate of drug-likeness (QED) is 0.623. The molecule has 0 aromatic carbocycles. The molecule has 78 valence electrons. The zero-order chi connectivity index (χ0) is 9.52. The summed E-state index contributed by atoms with van der Waals surface area (Å²) in [6.07, 6.45) is 5.16. The SMILES string of the molecule is COCCNC[C@@H]1CCCC[C@@H]1N. The van der Waals surface area contributed by atoms with E-state index in [4.69, 9.17) is 10.5 Å². The molecule has 0 amide bonds. The highest BCUT2D eigenvalue weighted by Gasteiger charge is 2.20. The van der Waals surface area contributed by atoms with Gasteiger partial charge in [0.2, 0.25) is 0 Å². The molecule has 0 bridgehead atoms. The molecule has 1 saturated carbocycles. The fraction of sp³-hybridized carbons (Fsp3) is 1.00. The number of rotatable bonds is 5. The fourth-order valence-electron chi connectivity index (χ4n) is 1.95. The molecule has 1 rings (SSSR count). The molecule has 0 saturated heterocycles. The van der Waals surface area contributed by atoms with Gasteiger partial charge in [0.1, 0.15) is 0 Å². The van der Waals surface area contributed by atoms with E-state index in [1.54, 1.807) is 7.11 Å². The topological polar surface area (TPSA) is 47.3 Å². The van der Waals surface area contributed by atoms with Gasteiger partial charge in [-0.05, 0) is 25.3 Å². The van der Waals surface area contributed by atoms with Crippen molar-refractivity contribution in [2.45, 2.75) is 31.7 Å². The van der Waals surface area contributed by atoms with Crippen molar-refractivity contribution in [3.63, 3.8) is 0 Å². The average Bonchev–Trinajstić information content (AvgIpc) is 2.15. The van der Waals surface area contributed by atoms with E-state index in [2.05, 4.69) is 5.32 Å². The van der Waals surface area contributed by atoms with E-state index < -0.39 is 0 Å². The van der Waals surface area contributed by atoms with Crippen molar-refractivity contribution < 1.29 is 4.74 Å². The van der Waals surface area contributed by atoms with Gasteiger partial charge in [0.25, 0.3) is 0 Å². The second kappa shape index (κ2) is 6.35. The molecule has 1 fully saturated rings. The molecule has 13 heavy (non-hydrogen) atoms. The van der Waals surface area contributed by atoms with E-state index in [1.165, 1.54) is 25.7 Å². The smallest absolute Gasteiger partial charge is 0.0587 e. The van der Waals surface area contributed by atoms with E-state index >= 15 is 0 Å². The Hall–Kier alpha value is -0.120. The summed E-state index contributed by atoms with van der Waals surface area (Å²) in [4.78, 5) is 0. The third-order valence-electron chi connectivity index (χ3n) is 2.86. The normalized spacial score (nSPS) is 29.1. The van der Waals surface area contributed by atoms with Crippen LogP contribution in [0, 0.1) is 5.92 Å². The van der Waals surface area contributed by atoms with Crippen molar-refractivity contribution in [1.29, 1.82) is 0 Å². The molecule has 1 aliphatic rings. The number of hydrogen-bond donors (Lipinski definition) is 2. The van der Waals surface area contributed by atoms with Crippen LogP contribution in [0.2, 0.25) is 0 Å². The Kier molecular flexibility index (Phi) is 5.35. The number of nitrogens with one attached hydrogen (secondary N) is 1. The van der Waals surface area contributed by atoms with Crippen molar-refractivity contribution in [2.24, 2.45) is 11.7 Å². The maximum Gasteiger partial charge on any atom is 0.0587 e. The van der Waals surface area contributed by atoms with Gasteiger partial charge in [-0.15, -0.1) is 0 Å². The lowest BCUT2D eigenvalue weighted by atomic mass is 9.85. The lowest BCUT2D eigenvalue weighted by Crippen LogP contribution is -2.40. The molecule has 0 aliphatic heterocycles. The first kappa shape index (κ1) is 11.0. The summed E-state index contributed by atoms with van der Waals surface area (Å²) in [5, 5.41) is 3.38. The van der Waals surface area contributed by atoms with Crippen LogP contribution in [0.15, 0.2) is 0 Å². The minimum Gasteiger partial charge on any atom is -0.383 e. The molecule has 2 atom stereocenters. The maximum atomic E-state index is 6.02. The van der Waals surface area contributed by atoms with E-state index in [0.29, 0.717) is 12.0 Å². The van der Waals surface area contributed by atoms with Gasteiger partial charge < -0.3 is 15.8 Å². The maximum absolute atomic E-state index is 6.02. The number of nitrogens with two attached hydrogens (primary N) is 1. The van der Waals surface area contributed by atoms with Gasteiger partial charge >= 0.3 is 0 Å². The summed E-state index contributed by atoms with van der Waals surface area (Å²) >= 11 is 0. The van der Waals surface area contributed by atoms with Crippen LogP contribution in [0.3, 0.4) is 0 Å². The zero-order valence-electron chi connectivity index (χ0n) is 8.59. The lowest BCUT2D eigenvalue weighted by molar-refractivity contribution is 0.194. The van der Waals surface area contributed by atoms with Crippen molar-refractivity contribution in [2.75, 3.05) is 26.8 Å². The molecular formula is C10H22N2O. The summed E-state index contributed by atoms with van der Waals surface area (Å²) in [6, 6.07) is 0.420. The summed E-state index contributed by atoms with van der Waals surface area (Å²) < 4.78 is 4.96. The van der Waals surface area contributed by atoms with E-state index in [0.717, 1.165) is 19.7 Å². The monoisotopic (exact) mass is 186 g/mol. The number of ether oxygens (including phenoxy) is 1. The Morgan fingerprint density at radius 2 is 2.15 bits per heavy atom. The summed E-state index contributed by atoms with van der Waals surface area (Å²) in [5.41, 5.74) is 6.02. The molecule has 0 aromatic heterocycles. The van der Waals surface area contributed by atoms with Crippen LogP contribution in [0.4, 0.5) is 0 Å². The van der Waals surface area contributed by atoms with Crippen LogP contribution in [0.25, 0.3) is 0 Å². The van der Waals surface area contributed by atoms with Crippen LogP contribution in [0.1, 0.15) is 25.7 Å². The van der Waals surface area contributed by atoms with E-state index in [-0.39, 0.29) is 0 Å². The summed E-state index contributed by atoms with van der Waals surface area (Å²) in [7, 11) is 1.73. The predicted molar refractivity (Wildman–Crippen MR) is 54.7 cm³/mol. The first-order valence-electron chi connectivity index (χ1n) is 5.30. The molecule has 0 spiro atoms. The van der Waals surface area contributed by atoms with E-state index in [9.17, 15) is 0 Å². The molecule has 3 nitrogen and oxygen atoms in total.